The van der Waals surface area contributed by atoms with Crippen molar-refractivity contribution in [3.8, 4) is 0 Å². The van der Waals surface area contributed by atoms with Gasteiger partial charge in [-0.05, 0) is 37.6 Å². The molecule has 0 heterocycles. The number of rotatable bonds is 12. The maximum absolute atomic E-state index is 3.80. The molecule has 1 rings (SSSR count). The SMILES string of the molecule is CCCCCCCCCC(NCC)C1CCC(CC)CC1. The van der Waals surface area contributed by atoms with Gasteiger partial charge in [0, 0.05) is 6.04 Å². The standard InChI is InChI=1S/C20H41N/c1-4-7-8-9-10-11-12-13-20(21-6-3)19-16-14-18(5-2)15-17-19/h18-21H,4-17H2,1-3H3. The van der Waals surface area contributed by atoms with E-state index in [9.17, 15) is 0 Å². The third-order valence-corrected chi connectivity index (χ3v) is 5.62. The highest BCUT2D eigenvalue weighted by Crippen LogP contribution is 2.33. The van der Waals surface area contributed by atoms with Gasteiger partial charge in [-0.25, -0.2) is 0 Å². The molecule has 1 N–H and O–H groups in total. The molecule has 0 aromatic heterocycles. The quantitative estimate of drug-likeness (QED) is 0.415. The van der Waals surface area contributed by atoms with Gasteiger partial charge in [-0.1, -0.05) is 85.0 Å². The van der Waals surface area contributed by atoms with Crippen molar-refractivity contribution in [3.05, 3.63) is 0 Å². The molecule has 1 nitrogen and oxygen atoms in total. The van der Waals surface area contributed by atoms with Crippen LogP contribution in [0.1, 0.15) is 104 Å². The number of hydrogen-bond donors (Lipinski definition) is 1. The van der Waals surface area contributed by atoms with E-state index < -0.39 is 0 Å². The van der Waals surface area contributed by atoms with Gasteiger partial charge in [0.05, 0.1) is 0 Å². The fourth-order valence-corrected chi connectivity index (χ4v) is 4.09. The minimum atomic E-state index is 0.809. The van der Waals surface area contributed by atoms with Crippen LogP contribution in [0.3, 0.4) is 0 Å². The Morgan fingerprint density at radius 3 is 2.00 bits per heavy atom. The summed E-state index contributed by atoms with van der Waals surface area (Å²) in [6, 6.07) is 0.809. The van der Waals surface area contributed by atoms with Crippen LogP contribution < -0.4 is 5.32 Å². The molecule has 0 aliphatic heterocycles. The predicted octanol–water partition coefficient (Wildman–Crippen LogP) is 6.32. The second-order valence-electron chi connectivity index (χ2n) is 7.26. The first-order valence-corrected chi connectivity index (χ1v) is 10.0. The van der Waals surface area contributed by atoms with E-state index in [0.717, 1.165) is 24.4 Å². The maximum atomic E-state index is 3.80. The monoisotopic (exact) mass is 295 g/mol. The third-order valence-electron chi connectivity index (χ3n) is 5.62. The molecule has 1 saturated carbocycles. The zero-order valence-electron chi connectivity index (χ0n) is 15.1. The van der Waals surface area contributed by atoms with E-state index in [4.69, 9.17) is 0 Å². The number of nitrogens with one attached hydrogen (secondary N) is 1. The molecule has 0 aromatic rings. The molecule has 0 aromatic carbocycles. The van der Waals surface area contributed by atoms with Crippen molar-refractivity contribution in [3.63, 3.8) is 0 Å². The first kappa shape index (κ1) is 19.0. The van der Waals surface area contributed by atoms with Gasteiger partial charge in [-0.15, -0.1) is 0 Å². The zero-order chi connectivity index (χ0) is 15.3. The second kappa shape index (κ2) is 12.5. The van der Waals surface area contributed by atoms with Crippen LogP contribution in [-0.2, 0) is 0 Å². The van der Waals surface area contributed by atoms with E-state index in [1.54, 1.807) is 0 Å². The average molecular weight is 296 g/mol. The summed E-state index contributed by atoms with van der Waals surface area (Å²) >= 11 is 0. The summed E-state index contributed by atoms with van der Waals surface area (Å²) in [6.45, 7) is 8.09. The van der Waals surface area contributed by atoms with Gasteiger partial charge in [0.15, 0.2) is 0 Å². The van der Waals surface area contributed by atoms with Crippen molar-refractivity contribution in [1.82, 2.24) is 5.32 Å². The number of hydrogen-bond acceptors (Lipinski definition) is 1. The van der Waals surface area contributed by atoms with E-state index >= 15 is 0 Å². The van der Waals surface area contributed by atoms with Crippen molar-refractivity contribution in [2.24, 2.45) is 11.8 Å². The van der Waals surface area contributed by atoms with Gasteiger partial charge in [0.1, 0.15) is 0 Å². The Morgan fingerprint density at radius 2 is 1.43 bits per heavy atom. The molecule has 1 heteroatoms. The molecular formula is C20H41N. The molecule has 0 saturated heterocycles. The van der Waals surface area contributed by atoms with Crippen LogP contribution in [0.25, 0.3) is 0 Å². The second-order valence-corrected chi connectivity index (χ2v) is 7.26. The third kappa shape index (κ3) is 8.24. The van der Waals surface area contributed by atoms with E-state index in [2.05, 4.69) is 26.1 Å². The van der Waals surface area contributed by atoms with Crippen molar-refractivity contribution in [2.75, 3.05) is 6.54 Å². The van der Waals surface area contributed by atoms with Crippen molar-refractivity contribution in [1.29, 1.82) is 0 Å². The lowest BCUT2D eigenvalue weighted by Gasteiger charge is -2.34. The van der Waals surface area contributed by atoms with Gasteiger partial charge in [-0.2, -0.15) is 0 Å². The summed E-state index contributed by atoms with van der Waals surface area (Å²) in [5.41, 5.74) is 0. The first-order valence-electron chi connectivity index (χ1n) is 10.0. The van der Waals surface area contributed by atoms with Crippen LogP contribution in [0.15, 0.2) is 0 Å². The molecule has 0 radical (unpaired) electrons. The van der Waals surface area contributed by atoms with Gasteiger partial charge >= 0.3 is 0 Å². The highest BCUT2D eigenvalue weighted by Gasteiger charge is 2.25. The van der Waals surface area contributed by atoms with Gasteiger partial charge in [-0.3, -0.25) is 0 Å². The molecule has 126 valence electrons. The topological polar surface area (TPSA) is 12.0 Å². The van der Waals surface area contributed by atoms with Crippen molar-refractivity contribution >= 4 is 0 Å². The zero-order valence-corrected chi connectivity index (χ0v) is 15.1. The normalized spacial score (nSPS) is 24.1. The summed E-state index contributed by atoms with van der Waals surface area (Å²) in [7, 11) is 0. The smallest absolute Gasteiger partial charge is 0.00952 e. The average Bonchev–Trinajstić information content (AvgIpc) is 2.53. The molecule has 21 heavy (non-hydrogen) atoms. The lowest BCUT2D eigenvalue weighted by molar-refractivity contribution is 0.210. The molecular weight excluding hydrogens is 254 g/mol. The Bertz CT molecular complexity index is 218. The van der Waals surface area contributed by atoms with Crippen LogP contribution >= 0.6 is 0 Å². The highest BCUT2D eigenvalue weighted by molar-refractivity contribution is 4.81. The summed E-state index contributed by atoms with van der Waals surface area (Å²) in [5.74, 6) is 2.00. The molecule has 0 bridgehead atoms. The molecule has 0 spiro atoms. The summed E-state index contributed by atoms with van der Waals surface area (Å²) in [6.07, 6.45) is 18.8. The lowest BCUT2D eigenvalue weighted by atomic mass is 9.76. The minimum absolute atomic E-state index is 0.809. The Hall–Kier alpha value is -0.0400. The van der Waals surface area contributed by atoms with Crippen LogP contribution in [0.2, 0.25) is 0 Å². The maximum Gasteiger partial charge on any atom is 0.00952 e. The van der Waals surface area contributed by atoms with Crippen LogP contribution in [0, 0.1) is 11.8 Å². The van der Waals surface area contributed by atoms with E-state index in [0.29, 0.717) is 0 Å². The molecule has 1 atom stereocenters. The van der Waals surface area contributed by atoms with Gasteiger partial charge in [0.2, 0.25) is 0 Å². The van der Waals surface area contributed by atoms with Crippen LogP contribution in [0.5, 0.6) is 0 Å². The van der Waals surface area contributed by atoms with E-state index in [-0.39, 0.29) is 0 Å². The lowest BCUT2D eigenvalue weighted by Crippen LogP contribution is -2.38. The largest absolute Gasteiger partial charge is 0.314 e. The van der Waals surface area contributed by atoms with Crippen LogP contribution in [0.4, 0.5) is 0 Å². The molecule has 1 aliphatic carbocycles. The van der Waals surface area contributed by atoms with Gasteiger partial charge < -0.3 is 5.32 Å². The predicted molar refractivity (Wildman–Crippen MR) is 95.8 cm³/mol. The summed E-state index contributed by atoms with van der Waals surface area (Å²) < 4.78 is 0. The van der Waals surface area contributed by atoms with Crippen molar-refractivity contribution < 1.29 is 0 Å². The molecule has 1 aliphatic rings. The Balaban J connectivity index is 2.15. The minimum Gasteiger partial charge on any atom is -0.314 e. The van der Waals surface area contributed by atoms with Crippen LogP contribution in [-0.4, -0.2) is 12.6 Å². The fraction of sp³-hybridized carbons (Fsp3) is 1.00. The Kier molecular flexibility index (Phi) is 11.3. The molecule has 0 amide bonds. The number of unbranched alkanes of at least 4 members (excludes halogenated alkanes) is 6. The molecule has 1 unspecified atom stereocenters. The highest BCUT2D eigenvalue weighted by atomic mass is 14.9. The summed E-state index contributed by atoms with van der Waals surface area (Å²) in [5, 5.41) is 3.80. The Morgan fingerprint density at radius 1 is 0.810 bits per heavy atom. The van der Waals surface area contributed by atoms with Gasteiger partial charge in [0.25, 0.3) is 0 Å². The van der Waals surface area contributed by atoms with E-state index in [1.165, 1.54) is 83.5 Å². The first-order chi connectivity index (χ1) is 10.3. The van der Waals surface area contributed by atoms with Crippen molar-refractivity contribution in [2.45, 2.75) is 110 Å². The molecule has 1 fully saturated rings. The Labute approximate surface area is 134 Å². The van der Waals surface area contributed by atoms with E-state index in [1.807, 2.05) is 0 Å². The summed E-state index contributed by atoms with van der Waals surface area (Å²) in [4.78, 5) is 0. The fourth-order valence-electron chi connectivity index (χ4n) is 4.09.